The van der Waals surface area contributed by atoms with Crippen LogP contribution in [0.25, 0.3) is 10.9 Å². The molecule has 2 aromatic rings. The number of benzene rings is 1. The van der Waals surface area contributed by atoms with Gasteiger partial charge in [0.15, 0.2) is 0 Å². The molecule has 1 aromatic heterocycles. The van der Waals surface area contributed by atoms with Gasteiger partial charge in [-0.2, -0.15) is 0 Å². The summed E-state index contributed by atoms with van der Waals surface area (Å²) in [6.45, 7) is 10.1. The summed E-state index contributed by atoms with van der Waals surface area (Å²) >= 11 is 0. The van der Waals surface area contributed by atoms with Crippen LogP contribution in [0.4, 0.5) is 0 Å². The number of carbonyl (C=O) groups excluding carboxylic acids is 4. The number of fused-ring (bicyclic) bond motifs is 1. The fourth-order valence-electron chi connectivity index (χ4n) is 4.47. The number of carboxylic acid groups (broad SMARTS) is 2. The van der Waals surface area contributed by atoms with Gasteiger partial charge in [-0.1, -0.05) is 59.7 Å². The van der Waals surface area contributed by atoms with Gasteiger partial charge in [-0.25, -0.2) is 4.79 Å². The second kappa shape index (κ2) is 16.4. The van der Waals surface area contributed by atoms with Crippen LogP contribution < -0.4 is 26.6 Å². The zero-order valence-electron chi connectivity index (χ0n) is 25.9. The Morgan fingerprint density at radius 2 is 1.34 bits per heavy atom. The van der Waals surface area contributed by atoms with E-state index in [2.05, 4.69) is 31.6 Å². The highest BCUT2D eigenvalue weighted by molar-refractivity contribution is 5.97. The van der Waals surface area contributed by atoms with Crippen molar-refractivity contribution >= 4 is 46.5 Å². The molecule has 0 spiro atoms. The lowest BCUT2D eigenvalue weighted by Gasteiger charge is -2.28. The van der Waals surface area contributed by atoms with E-state index in [-0.39, 0.29) is 19.0 Å². The first-order chi connectivity index (χ1) is 20.6. The minimum absolute atomic E-state index is 0.0259. The van der Waals surface area contributed by atoms with Gasteiger partial charge in [0.2, 0.25) is 23.6 Å². The number of hydrogen-bond donors (Lipinski definition) is 8. The maximum atomic E-state index is 13.6. The van der Waals surface area contributed by atoms with Gasteiger partial charge in [0, 0.05) is 29.6 Å². The Bertz CT molecular complexity index is 1340. The molecule has 0 aliphatic heterocycles. The Morgan fingerprint density at radius 1 is 0.750 bits per heavy atom. The van der Waals surface area contributed by atoms with E-state index in [0.717, 1.165) is 16.5 Å². The molecule has 4 amide bonds. The molecule has 14 heteroatoms. The summed E-state index contributed by atoms with van der Waals surface area (Å²) in [6, 6.07) is 2.28. The second-order valence-electron chi connectivity index (χ2n) is 11.7. The molecular formula is C30H44N6O8. The van der Waals surface area contributed by atoms with Crippen molar-refractivity contribution in [1.29, 1.82) is 0 Å². The van der Waals surface area contributed by atoms with E-state index in [0.29, 0.717) is 0 Å². The van der Waals surface area contributed by atoms with E-state index < -0.39 is 78.0 Å². The van der Waals surface area contributed by atoms with E-state index in [1.165, 1.54) is 0 Å². The maximum absolute atomic E-state index is 13.6. The quantitative estimate of drug-likeness (QED) is 0.124. The van der Waals surface area contributed by atoms with Gasteiger partial charge < -0.3 is 41.8 Å². The van der Waals surface area contributed by atoms with Gasteiger partial charge in [-0.3, -0.25) is 24.0 Å². The fraction of sp³-hybridized carbons (Fsp3) is 0.533. The number of nitrogens with one attached hydrogen (secondary N) is 6. The molecule has 0 saturated carbocycles. The third-order valence-corrected chi connectivity index (χ3v) is 6.91. The number of hydrogen-bond acceptors (Lipinski definition) is 7. The zero-order valence-corrected chi connectivity index (χ0v) is 25.9. The van der Waals surface area contributed by atoms with E-state index in [4.69, 9.17) is 0 Å². The third-order valence-electron chi connectivity index (χ3n) is 6.91. The molecule has 242 valence electrons. The average molecular weight is 617 g/mol. The van der Waals surface area contributed by atoms with Crippen LogP contribution in [0.2, 0.25) is 0 Å². The molecule has 2 rings (SSSR count). The molecule has 0 saturated heterocycles. The lowest BCUT2D eigenvalue weighted by Crippen LogP contribution is -2.60. The van der Waals surface area contributed by atoms with Crippen molar-refractivity contribution in [3.63, 3.8) is 0 Å². The van der Waals surface area contributed by atoms with Crippen LogP contribution in [-0.2, 0) is 35.2 Å². The molecular weight excluding hydrogens is 572 g/mol. The smallest absolute Gasteiger partial charge is 0.326 e. The molecule has 0 unspecified atom stereocenters. The van der Waals surface area contributed by atoms with E-state index >= 15 is 0 Å². The van der Waals surface area contributed by atoms with Crippen LogP contribution in [0.1, 0.15) is 53.5 Å². The normalized spacial score (nSPS) is 14.1. The first kappa shape index (κ1) is 35.7. The number of aliphatic carboxylic acids is 2. The highest BCUT2D eigenvalue weighted by atomic mass is 16.4. The molecule has 0 bridgehead atoms. The van der Waals surface area contributed by atoms with E-state index in [1.807, 2.05) is 38.1 Å². The Balaban J connectivity index is 2.28. The van der Waals surface area contributed by atoms with Crippen molar-refractivity contribution < 1.29 is 39.0 Å². The first-order valence-corrected chi connectivity index (χ1v) is 14.5. The highest BCUT2D eigenvalue weighted by Gasteiger charge is 2.34. The summed E-state index contributed by atoms with van der Waals surface area (Å²) in [5, 5.41) is 32.7. The minimum atomic E-state index is -1.61. The molecule has 1 aromatic carbocycles. The lowest BCUT2D eigenvalue weighted by atomic mass is 9.99. The van der Waals surface area contributed by atoms with E-state index in [9.17, 15) is 39.0 Å². The topological polar surface area (TPSA) is 219 Å². The van der Waals surface area contributed by atoms with Crippen molar-refractivity contribution in [1.82, 2.24) is 31.6 Å². The number of rotatable bonds is 17. The van der Waals surface area contributed by atoms with Crippen LogP contribution in [0.15, 0.2) is 30.5 Å². The Morgan fingerprint density at radius 3 is 1.91 bits per heavy atom. The third kappa shape index (κ3) is 10.7. The van der Waals surface area contributed by atoms with Crippen molar-refractivity contribution in [2.75, 3.05) is 6.54 Å². The summed E-state index contributed by atoms with van der Waals surface area (Å²) < 4.78 is 0. The summed E-state index contributed by atoms with van der Waals surface area (Å²) in [6.07, 6.45) is 1.03. The number of para-hydroxylation sites is 1. The molecule has 44 heavy (non-hydrogen) atoms. The van der Waals surface area contributed by atoms with Crippen molar-refractivity contribution in [2.45, 2.75) is 84.6 Å². The molecule has 0 radical (unpaired) electrons. The number of carboxylic acids is 2. The molecule has 1 heterocycles. The van der Waals surface area contributed by atoms with Gasteiger partial charge in [0.05, 0.1) is 13.0 Å². The number of aromatic amines is 1. The number of carbonyl (C=O) groups is 6. The van der Waals surface area contributed by atoms with Crippen LogP contribution in [0.5, 0.6) is 0 Å². The van der Waals surface area contributed by atoms with Crippen molar-refractivity contribution in [2.24, 2.45) is 11.8 Å². The van der Waals surface area contributed by atoms with Crippen LogP contribution >= 0.6 is 0 Å². The van der Waals surface area contributed by atoms with Gasteiger partial charge in [-0.05, 0) is 23.5 Å². The van der Waals surface area contributed by atoms with Crippen LogP contribution in [-0.4, -0.2) is 87.5 Å². The molecule has 0 aliphatic carbocycles. The predicted octanol–water partition coefficient (Wildman–Crippen LogP) is 0.519. The summed E-state index contributed by atoms with van der Waals surface area (Å²) in [7, 11) is 0. The van der Waals surface area contributed by atoms with Crippen LogP contribution in [0, 0.1) is 11.8 Å². The van der Waals surface area contributed by atoms with Gasteiger partial charge in [0.25, 0.3) is 0 Å². The largest absolute Gasteiger partial charge is 0.481 e. The lowest BCUT2D eigenvalue weighted by molar-refractivity contribution is -0.144. The molecule has 0 aliphatic rings. The predicted molar refractivity (Wildman–Crippen MR) is 162 cm³/mol. The number of H-pyrrole nitrogens is 1. The summed E-state index contributed by atoms with van der Waals surface area (Å²) in [5.41, 5.74) is 1.61. The molecule has 14 nitrogen and oxygen atoms in total. The minimum Gasteiger partial charge on any atom is -0.481 e. The average Bonchev–Trinajstić information content (AvgIpc) is 3.34. The van der Waals surface area contributed by atoms with Gasteiger partial charge >= 0.3 is 11.9 Å². The van der Waals surface area contributed by atoms with Gasteiger partial charge in [0.1, 0.15) is 24.2 Å². The molecule has 8 N–H and O–H groups in total. The van der Waals surface area contributed by atoms with Crippen molar-refractivity contribution in [3.8, 4) is 0 Å². The SMILES string of the molecule is CC(C)NCC(=O)N[C@@H](Cc1c[nH]c2ccccc12)C(=O)N[C@@H](C(=O)N[C@@H](CC(=O)O)C(=O)N[C@@H](C(=O)O)C(C)C)C(C)C. The number of amides is 4. The summed E-state index contributed by atoms with van der Waals surface area (Å²) in [4.78, 5) is 78.8. The standard InChI is InChI=1S/C30H44N6O8/c1-15(2)25(29(42)34-22(12-24(38)39)28(41)36-26(16(3)4)30(43)44)35-27(40)21(33-23(37)14-31-17(5)6)11-18-13-32-20-10-8-7-9-19(18)20/h7-10,13,15-17,21-22,25-26,31-32H,11-12,14H2,1-6H3,(H,33,37)(H,34,42)(H,35,40)(H,36,41)(H,38,39)(H,43,44)/t21-,22-,25+,26+/m0/s1. The monoisotopic (exact) mass is 616 g/mol. The number of aromatic nitrogens is 1. The van der Waals surface area contributed by atoms with Crippen molar-refractivity contribution in [3.05, 3.63) is 36.0 Å². The Labute approximate surface area is 256 Å². The van der Waals surface area contributed by atoms with Gasteiger partial charge in [-0.15, -0.1) is 0 Å². The second-order valence-corrected chi connectivity index (χ2v) is 11.7. The molecule has 4 atom stereocenters. The Kier molecular flexibility index (Phi) is 13.3. The summed E-state index contributed by atoms with van der Waals surface area (Å²) in [5.74, 6) is -6.66. The van der Waals surface area contributed by atoms with E-state index in [1.54, 1.807) is 33.9 Å². The fourth-order valence-corrected chi connectivity index (χ4v) is 4.47. The first-order valence-electron chi connectivity index (χ1n) is 14.5. The highest BCUT2D eigenvalue weighted by Crippen LogP contribution is 2.19. The molecule has 0 fully saturated rings. The van der Waals surface area contributed by atoms with Crippen LogP contribution in [0.3, 0.4) is 0 Å². The Hall–Kier alpha value is -4.46. The zero-order chi connectivity index (χ0) is 33.1. The maximum Gasteiger partial charge on any atom is 0.326 e.